The maximum Gasteiger partial charge on any atom is 0.255 e. The molecule has 1 heterocycles. The summed E-state index contributed by atoms with van der Waals surface area (Å²) in [5.74, 6) is -0.707. The number of amides is 2. The second-order valence-electron chi connectivity index (χ2n) is 7.45. The Balaban J connectivity index is 1.79. The van der Waals surface area contributed by atoms with Crippen molar-refractivity contribution in [2.45, 2.75) is 32.2 Å². The number of benzene rings is 2. The Bertz CT molecular complexity index is 1150. The van der Waals surface area contributed by atoms with Crippen LogP contribution in [0.15, 0.2) is 57.7 Å². The number of nitrogens with one attached hydrogen (secondary N) is 1. The molecule has 0 radical (unpaired) electrons. The molecule has 3 aromatic rings. The van der Waals surface area contributed by atoms with Crippen LogP contribution in [0, 0.1) is 12.8 Å². The molecule has 0 aliphatic heterocycles. The highest BCUT2D eigenvalue weighted by Gasteiger charge is 2.33. The van der Waals surface area contributed by atoms with E-state index in [0.29, 0.717) is 29.6 Å². The largest absolute Gasteiger partial charge is 0.455 e. The van der Waals surface area contributed by atoms with Gasteiger partial charge in [0.2, 0.25) is 5.91 Å². The molecule has 3 N–H and O–H groups in total. The molecule has 148 valence electrons. The minimum atomic E-state index is -0.403. The van der Waals surface area contributed by atoms with Gasteiger partial charge < -0.3 is 15.5 Å². The second kappa shape index (κ2) is 7.54. The molecule has 1 fully saturated rings. The number of hydrogen-bond donors (Lipinski definition) is 2. The number of primary amides is 1. The van der Waals surface area contributed by atoms with Gasteiger partial charge in [-0.1, -0.05) is 42.8 Å². The summed E-state index contributed by atoms with van der Waals surface area (Å²) >= 11 is 0. The number of carbonyl (C=O) groups excluding carboxylic acids is 2. The molecule has 0 spiro atoms. The van der Waals surface area contributed by atoms with Crippen molar-refractivity contribution in [1.29, 1.82) is 0 Å². The van der Waals surface area contributed by atoms with Gasteiger partial charge in [-0.05, 0) is 31.9 Å². The summed E-state index contributed by atoms with van der Waals surface area (Å²) in [5, 5.41) is 3.26. The Labute approximate surface area is 167 Å². The maximum absolute atomic E-state index is 13.0. The molecule has 6 heteroatoms. The average Bonchev–Trinajstić information content (AvgIpc) is 3.19. The zero-order valence-electron chi connectivity index (χ0n) is 16.1. The van der Waals surface area contributed by atoms with E-state index < -0.39 is 5.91 Å². The first-order chi connectivity index (χ1) is 14.0. The smallest absolute Gasteiger partial charge is 0.255 e. The first kappa shape index (κ1) is 18.9. The molecule has 2 atom stereocenters. The maximum atomic E-state index is 13.0. The van der Waals surface area contributed by atoms with E-state index in [1.807, 2.05) is 30.3 Å². The fourth-order valence-electron chi connectivity index (χ4n) is 4.07. The third-order valence-corrected chi connectivity index (χ3v) is 5.62. The third kappa shape index (κ3) is 3.42. The van der Waals surface area contributed by atoms with Crippen LogP contribution in [0.5, 0.6) is 0 Å². The van der Waals surface area contributed by atoms with Crippen LogP contribution in [0.25, 0.3) is 22.3 Å². The number of nitrogens with two attached hydrogens (primary N) is 1. The number of hydrogen-bond acceptors (Lipinski definition) is 4. The summed E-state index contributed by atoms with van der Waals surface area (Å²) in [6.45, 7) is 1.72. The molecule has 1 aromatic heterocycles. The lowest BCUT2D eigenvalue weighted by atomic mass is 10.0. The van der Waals surface area contributed by atoms with E-state index in [1.165, 1.54) is 0 Å². The number of rotatable bonds is 4. The van der Waals surface area contributed by atoms with Crippen molar-refractivity contribution in [2.24, 2.45) is 11.7 Å². The van der Waals surface area contributed by atoms with Gasteiger partial charge in [-0.15, -0.1) is 0 Å². The molecule has 6 nitrogen and oxygen atoms in total. The van der Waals surface area contributed by atoms with Gasteiger partial charge in [0.1, 0.15) is 5.76 Å². The molecular formula is C23H22N2O4. The highest BCUT2D eigenvalue weighted by molar-refractivity contribution is 6.05. The van der Waals surface area contributed by atoms with Gasteiger partial charge in [0.25, 0.3) is 5.91 Å². The van der Waals surface area contributed by atoms with Crippen LogP contribution in [0.2, 0.25) is 0 Å². The zero-order valence-corrected chi connectivity index (χ0v) is 16.1. The number of para-hydroxylation sites is 1. The fraction of sp³-hybridized carbons (Fsp3) is 0.261. The van der Waals surface area contributed by atoms with E-state index >= 15 is 0 Å². The van der Waals surface area contributed by atoms with Crippen molar-refractivity contribution in [2.75, 3.05) is 0 Å². The predicted octanol–water partition coefficient (Wildman–Crippen LogP) is 3.15. The zero-order chi connectivity index (χ0) is 20.5. The van der Waals surface area contributed by atoms with Gasteiger partial charge >= 0.3 is 0 Å². The van der Waals surface area contributed by atoms with Gasteiger partial charge in [-0.2, -0.15) is 0 Å². The van der Waals surface area contributed by atoms with Gasteiger partial charge in [0.05, 0.1) is 16.9 Å². The SMILES string of the molecule is Cc1c(-c2ccccc2)oc2c(C(=O)N[C@@H]3CCC[C@@H]3C(N)=O)cccc2c1=O. The van der Waals surface area contributed by atoms with Crippen LogP contribution in [0.3, 0.4) is 0 Å². The third-order valence-electron chi connectivity index (χ3n) is 5.62. The van der Waals surface area contributed by atoms with Crippen molar-refractivity contribution >= 4 is 22.8 Å². The highest BCUT2D eigenvalue weighted by Crippen LogP contribution is 2.29. The van der Waals surface area contributed by atoms with Crippen LogP contribution in [0.4, 0.5) is 0 Å². The summed E-state index contributed by atoms with van der Waals surface area (Å²) in [4.78, 5) is 37.6. The minimum Gasteiger partial charge on any atom is -0.455 e. The summed E-state index contributed by atoms with van der Waals surface area (Å²) in [6.07, 6.45) is 2.20. The van der Waals surface area contributed by atoms with E-state index in [0.717, 1.165) is 12.0 Å². The van der Waals surface area contributed by atoms with E-state index in [4.69, 9.17) is 10.2 Å². The van der Waals surface area contributed by atoms with Gasteiger partial charge in [0, 0.05) is 17.2 Å². The van der Waals surface area contributed by atoms with Gasteiger partial charge in [-0.25, -0.2) is 0 Å². The highest BCUT2D eigenvalue weighted by atomic mass is 16.3. The topological polar surface area (TPSA) is 102 Å². The molecule has 2 amide bonds. The average molecular weight is 390 g/mol. The quantitative estimate of drug-likeness (QED) is 0.714. The van der Waals surface area contributed by atoms with E-state index in [9.17, 15) is 14.4 Å². The first-order valence-electron chi connectivity index (χ1n) is 9.69. The van der Waals surface area contributed by atoms with Crippen LogP contribution in [0.1, 0.15) is 35.2 Å². The molecule has 0 saturated heterocycles. The van der Waals surface area contributed by atoms with Crippen LogP contribution in [-0.4, -0.2) is 17.9 Å². The van der Waals surface area contributed by atoms with Crippen molar-refractivity contribution in [3.05, 3.63) is 69.9 Å². The summed E-state index contributed by atoms with van der Waals surface area (Å²) in [6, 6.07) is 14.0. The van der Waals surface area contributed by atoms with Crippen molar-refractivity contribution in [3.63, 3.8) is 0 Å². The summed E-state index contributed by atoms with van der Waals surface area (Å²) < 4.78 is 6.10. The van der Waals surface area contributed by atoms with Crippen LogP contribution in [-0.2, 0) is 4.79 Å². The molecule has 0 unspecified atom stereocenters. The molecule has 1 aliphatic carbocycles. The van der Waals surface area contributed by atoms with E-state index in [2.05, 4.69) is 5.32 Å². The molecule has 4 rings (SSSR count). The molecule has 0 bridgehead atoms. The predicted molar refractivity (Wildman–Crippen MR) is 110 cm³/mol. The normalized spacial score (nSPS) is 18.7. The number of fused-ring (bicyclic) bond motifs is 1. The molecular weight excluding hydrogens is 368 g/mol. The Morgan fingerprint density at radius 1 is 1.07 bits per heavy atom. The second-order valence-corrected chi connectivity index (χ2v) is 7.45. The van der Waals surface area contributed by atoms with E-state index in [1.54, 1.807) is 25.1 Å². The molecule has 2 aromatic carbocycles. The fourth-order valence-corrected chi connectivity index (χ4v) is 4.07. The van der Waals surface area contributed by atoms with Crippen molar-refractivity contribution in [3.8, 4) is 11.3 Å². The monoisotopic (exact) mass is 390 g/mol. The lowest BCUT2D eigenvalue weighted by Crippen LogP contribution is -2.42. The molecule has 1 saturated carbocycles. The van der Waals surface area contributed by atoms with Crippen LogP contribution < -0.4 is 16.5 Å². The van der Waals surface area contributed by atoms with Gasteiger partial charge in [0.15, 0.2) is 11.0 Å². The minimum absolute atomic E-state index is 0.171. The standard InChI is InChI=1S/C23H22N2O4/c1-13-19(26)16-10-5-11-17(21(16)29-20(13)14-7-3-2-4-8-14)23(28)25-18-12-6-9-15(18)22(24)27/h2-5,7-8,10-11,15,18H,6,9,12H2,1H3,(H2,24,27)(H,25,28)/t15-,18+/m0/s1. The lowest BCUT2D eigenvalue weighted by Gasteiger charge is -2.18. The summed E-state index contributed by atoms with van der Waals surface area (Å²) in [7, 11) is 0. The number of carbonyl (C=O) groups is 2. The Morgan fingerprint density at radius 2 is 1.83 bits per heavy atom. The molecule has 1 aliphatic rings. The Hall–Kier alpha value is -3.41. The molecule has 29 heavy (non-hydrogen) atoms. The van der Waals surface area contributed by atoms with Crippen molar-refractivity contribution in [1.82, 2.24) is 5.32 Å². The summed E-state index contributed by atoms with van der Waals surface area (Å²) in [5.41, 5.74) is 7.07. The Morgan fingerprint density at radius 3 is 2.55 bits per heavy atom. The first-order valence-corrected chi connectivity index (χ1v) is 9.69. The lowest BCUT2D eigenvalue weighted by molar-refractivity contribution is -0.122. The van der Waals surface area contributed by atoms with Crippen molar-refractivity contribution < 1.29 is 14.0 Å². The van der Waals surface area contributed by atoms with Crippen LogP contribution >= 0.6 is 0 Å². The van der Waals surface area contributed by atoms with E-state index in [-0.39, 0.29) is 34.4 Å². The Kier molecular flexibility index (Phi) is 4.92. The van der Waals surface area contributed by atoms with Gasteiger partial charge in [-0.3, -0.25) is 14.4 Å².